The molecule has 6 aromatic heterocycles. The monoisotopic (exact) mass is 1800 g/mol. The molecule has 0 N–H and O–H groups in total. The highest BCUT2D eigenvalue weighted by atomic mass is 16.3. The average Bonchev–Trinajstić information content (AvgIpc) is 1.62. The summed E-state index contributed by atoms with van der Waals surface area (Å²) in [6, 6.07) is 169. The van der Waals surface area contributed by atoms with Crippen LogP contribution >= 0.6 is 0 Å². The molecule has 0 aliphatic heterocycles. The zero-order valence-electron chi connectivity index (χ0n) is 76.0. The van der Waals surface area contributed by atoms with Crippen LogP contribution in [0, 0.1) is 0 Å². The molecule has 0 aliphatic rings. The fourth-order valence-electron chi connectivity index (χ4n) is 19.3. The van der Waals surface area contributed by atoms with Crippen molar-refractivity contribution in [3.63, 3.8) is 0 Å². The van der Waals surface area contributed by atoms with Crippen LogP contribution < -0.4 is 0 Å². The van der Waals surface area contributed by atoms with Crippen molar-refractivity contribution in [2.45, 2.75) is 0 Å². The van der Waals surface area contributed by atoms with Gasteiger partial charge in [0.1, 0.15) is 33.5 Å². The Morgan fingerprint density at radius 1 is 0.113 bits per heavy atom. The molecule has 0 aliphatic carbocycles. The van der Waals surface area contributed by atoms with Crippen molar-refractivity contribution in [2.75, 3.05) is 0 Å². The highest BCUT2D eigenvalue weighted by Crippen LogP contribution is 2.46. The topological polar surface area (TPSA) is 155 Å². The van der Waals surface area contributed by atoms with Gasteiger partial charge in [0.2, 0.25) is 0 Å². The Morgan fingerprint density at radius 2 is 0.348 bits per heavy atom. The van der Waals surface area contributed by atoms with Gasteiger partial charge in [-0.2, -0.15) is 0 Å². The molecule has 141 heavy (non-hydrogen) atoms. The molecule has 0 spiro atoms. The number of nitrogens with zero attached hydrogens (tertiary/aromatic N) is 9. The molecule has 27 aromatic rings. The summed E-state index contributed by atoms with van der Waals surface area (Å²) >= 11 is 0. The lowest BCUT2D eigenvalue weighted by Gasteiger charge is -2.13. The van der Waals surface area contributed by atoms with Gasteiger partial charge in [-0.1, -0.05) is 431 Å². The van der Waals surface area contributed by atoms with Gasteiger partial charge in [0, 0.05) is 82.4 Å². The molecule has 660 valence electrons. The lowest BCUT2D eigenvalue weighted by molar-refractivity contribution is 0.668. The van der Waals surface area contributed by atoms with Gasteiger partial charge in [-0.25, -0.2) is 44.9 Å². The molecule has 6 heterocycles. The zero-order valence-corrected chi connectivity index (χ0v) is 76.0. The Kier molecular flexibility index (Phi) is 21.7. The molecule has 0 fully saturated rings. The third-order valence-corrected chi connectivity index (χ3v) is 26.2. The van der Waals surface area contributed by atoms with E-state index in [1.165, 1.54) is 65.7 Å². The summed E-state index contributed by atoms with van der Waals surface area (Å²) in [5, 5.41) is 13.5. The molecule has 0 saturated carbocycles. The molecule has 0 amide bonds. The van der Waals surface area contributed by atoms with Crippen LogP contribution in [-0.2, 0) is 0 Å². The molecular formula is C129H81N9O3. The van der Waals surface area contributed by atoms with Crippen LogP contribution in [0.4, 0.5) is 0 Å². The van der Waals surface area contributed by atoms with Crippen molar-refractivity contribution < 1.29 is 13.3 Å². The molecule has 27 rings (SSSR count). The second kappa shape index (κ2) is 36.6. The van der Waals surface area contributed by atoms with Crippen LogP contribution in [0.3, 0.4) is 0 Å². The fourth-order valence-corrected chi connectivity index (χ4v) is 19.3. The maximum atomic E-state index is 6.42. The van der Waals surface area contributed by atoms with Gasteiger partial charge in [-0.15, -0.1) is 0 Å². The lowest BCUT2D eigenvalue weighted by atomic mass is 9.91. The lowest BCUT2D eigenvalue weighted by Crippen LogP contribution is -2.00. The van der Waals surface area contributed by atoms with Crippen LogP contribution in [0.25, 0.3) is 267 Å². The first kappa shape index (κ1) is 83.6. The summed E-state index contributed by atoms with van der Waals surface area (Å²) in [6.45, 7) is 0. The first-order valence-corrected chi connectivity index (χ1v) is 47.1. The Hall–Kier alpha value is -19.2. The van der Waals surface area contributed by atoms with Crippen molar-refractivity contribution >= 4 is 98.1 Å². The van der Waals surface area contributed by atoms with E-state index < -0.39 is 0 Å². The minimum absolute atomic E-state index is 0.603. The molecule has 0 saturated heterocycles. The van der Waals surface area contributed by atoms with Gasteiger partial charge in [-0.3, -0.25) is 0 Å². The van der Waals surface area contributed by atoms with Gasteiger partial charge < -0.3 is 13.3 Å². The van der Waals surface area contributed by atoms with Crippen LogP contribution in [0.1, 0.15) is 0 Å². The van der Waals surface area contributed by atoms with E-state index in [-0.39, 0.29) is 0 Å². The number of hydrogen-bond acceptors (Lipinski definition) is 12. The highest BCUT2D eigenvalue weighted by molar-refractivity contribution is 6.16. The second-order valence-electron chi connectivity index (χ2n) is 34.9. The first-order valence-electron chi connectivity index (χ1n) is 47.1. The van der Waals surface area contributed by atoms with Gasteiger partial charge in [0.15, 0.2) is 52.4 Å². The summed E-state index contributed by atoms with van der Waals surface area (Å²) < 4.78 is 19.1. The van der Waals surface area contributed by atoms with Crippen molar-refractivity contribution in [1.29, 1.82) is 0 Å². The highest BCUT2D eigenvalue weighted by Gasteiger charge is 2.25. The van der Waals surface area contributed by atoms with E-state index in [4.69, 9.17) is 58.1 Å². The van der Waals surface area contributed by atoms with Crippen molar-refractivity contribution in [1.82, 2.24) is 44.9 Å². The molecule has 0 radical (unpaired) electrons. The largest absolute Gasteiger partial charge is 0.456 e. The molecule has 12 heteroatoms. The number of aromatic nitrogens is 9. The van der Waals surface area contributed by atoms with E-state index in [0.29, 0.717) is 52.4 Å². The van der Waals surface area contributed by atoms with Crippen molar-refractivity contribution in [3.05, 3.63) is 491 Å². The maximum absolute atomic E-state index is 6.42. The number of fused-ring (bicyclic) bond motifs is 12. The summed E-state index contributed by atoms with van der Waals surface area (Å²) in [7, 11) is 0. The van der Waals surface area contributed by atoms with E-state index in [1.54, 1.807) is 0 Å². The number of hydrogen-bond donors (Lipinski definition) is 0. The van der Waals surface area contributed by atoms with Crippen molar-refractivity contribution in [3.8, 4) is 169 Å². The van der Waals surface area contributed by atoms with E-state index >= 15 is 0 Å². The average molecular weight is 1810 g/mol. The van der Waals surface area contributed by atoms with Gasteiger partial charge in [-0.05, 0) is 160 Å². The van der Waals surface area contributed by atoms with E-state index in [1.807, 2.05) is 218 Å². The smallest absolute Gasteiger partial charge is 0.164 e. The Bertz CT molecular complexity index is 9210. The van der Waals surface area contributed by atoms with E-state index in [2.05, 4.69) is 273 Å². The van der Waals surface area contributed by atoms with Crippen LogP contribution in [0.15, 0.2) is 505 Å². The number of furan rings is 3. The van der Waals surface area contributed by atoms with Gasteiger partial charge in [0.05, 0.1) is 0 Å². The summed E-state index contributed by atoms with van der Waals surface area (Å²) in [5.74, 6) is 5.61. The predicted octanol–water partition coefficient (Wildman–Crippen LogP) is 33.8. The van der Waals surface area contributed by atoms with Crippen LogP contribution in [0.2, 0.25) is 0 Å². The Balaban J connectivity index is 0.000000112. The van der Waals surface area contributed by atoms with E-state index in [9.17, 15) is 0 Å². The van der Waals surface area contributed by atoms with Gasteiger partial charge in [0.25, 0.3) is 0 Å². The summed E-state index contributed by atoms with van der Waals surface area (Å²) in [6.07, 6.45) is 0. The normalized spacial score (nSPS) is 11.4. The Morgan fingerprint density at radius 3 is 0.702 bits per heavy atom. The molecule has 12 nitrogen and oxygen atoms in total. The summed E-state index contributed by atoms with van der Waals surface area (Å²) in [4.78, 5) is 44.7. The molecule has 0 bridgehead atoms. The standard InChI is InChI=1S/C49H31N3O.C43H27N3O.C37H23N3O/c1-4-13-33(14-5-1)38-28-29-39(41-20-11-10-19-40(38)41)34-25-23-32(24-26-34)37-27-30-44-43(31-37)46-42(21-12-22-45(46)53-44)49-51-47(35-15-6-2-7-16-35)50-48(52-49)36-17-8-3-9-18-36;1-3-12-31(13-4-1)41-44-42(32-14-5-2-6-15-32)46-43(45-41)36-19-10-20-39-40(36)37-27-33(25-26-38(37)47-39)28-21-23-30(24-22-28)35-18-9-16-29-11-7-8-17-34(29)35;1-3-11-25(12-4-1)35-38-36(26-13-5-2-6-14-26)40-37(39-35)30-16-9-17-33-34(30)31-23-29(20-21-32(31)41-33)28-19-18-24-10-7-8-15-27(24)22-28/h1-31H;1-27H;1-23H. The first-order chi connectivity index (χ1) is 69.8. The van der Waals surface area contributed by atoms with Crippen LogP contribution in [-0.4, -0.2) is 44.9 Å². The number of benzene rings is 21. The van der Waals surface area contributed by atoms with Gasteiger partial charge >= 0.3 is 0 Å². The quantitative estimate of drug-likeness (QED) is 0.0959. The molecule has 21 aromatic carbocycles. The molecule has 0 atom stereocenters. The maximum Gasteiger partial charge on any atom is 0.164 e. The molecule has 0 unspecified atom stereocenters. The summed E-state index contributed by atoms with van der Waals surface area (Å²) in [5.41, 5.74) is 27.3. The predicted molar refractivity (Wildman–Crippen MR) is 575 cm³/mol. The minimum atomic E-state index is 0.603. The second-order valence-corrected chi connectivity index (χ2v) is 34.9. The zero-order chi connectivity index (χ0) is 93.5. The number of rotatable bonds is 15. The fraction of sp³-hybridized carbons (Fsp3) is 0. The minimum Gasteiger partial charge on any atom is -0.456 e. The Labute approximate surface area is 811 Å². The third-order valence-electron chi connectivity index (χ3n) is 26.2. The van der Waals surface area contributed by atoms with Crippen LogP contribution in [0.5, 0.6) is 0 Å². The van der Waals surface area contributed by atoms with E-state index in [0.717, 1.165) is 149 Å². The van der Waals surface area contributed by atoms with Crippen molar-refractivity contribution in [2.24, 2.45) is 0 Å². The third kappa shape index (κ3) is 16.4. The molecular weight excluding hydrogens is 1720 g/mol. The SMILES string of the molecule is c1ccc(-c2nc(-c3ccccc3)nc(-c3cccc4oc5ccc(-c6ccc(-c7ccc(-c8ccccc8)c8ccccc78)cc6)cc5c34)n2)cc1.c1ccc(-c2nc(-c3ccccc3)nc(-c3cccc4oc5ccc(-c6ccc(-c7cccc8ccccc78)cc6)cc5c34)n2)cc1.c1ccc(-c2nc(-c3ccccc3)nc(-c3cccc4oc5ccc(-c6ccc7ccccc7c6)cc5c34)n2)cc1.